The maximum atomic E-state index is 13.2. The van der Waals surface area contributed by atoms with Crippen LogP contribution < -0.4 is 9.47 Å². The number of ether oxygens (including phenoxy) is 2. The van der Waals surface area contributed by atoms with Crippen LogP contribution in [-0.4, -0.2) is 8.42 Å². The van der Waals surface area contributed by atoms with Crippen LogP contribution in [-0.2, 0) is 15.3 Å². The van der Waals surface area contributed by atoms with E-state index in [2.05, 4.69) is 68.4 Å². The van der Waals surface area contributed by atoms with Gasteiger partial charge in [0.25, 0.3) is 0 Å². The van der Waals surface area contributed by atoms with Crippen LogP contribution >= 0.6 is 0 Å². The molecule has 5 aromatic carbocycles. The summed E-state index contributed by atoms with van der Waals surface area (Å²) in [7, 11) is -3.69. The first-order chi connectivity index (χ1) is 18.8. The van der Waals surface area contributed by atoms with Crippen molar-refractivity contribution >= 4 is 9.84 Å². The lowest BCUT2D eigenvalue weighted by Crippen LogP contribution is -2.29. The lowest BCUT2D eigenvalue weighted by atomic mass is 9.64. The van der Waals surface area contributed by atoms with Crippen molar-refractivity contribution in [2.45, 2.75) is 35.0 Å². The molecule has 0 spiro atoms. The summed E-state index contributed by atoms with van der Waals surface area (Å²) in [5, 5.41) is 0. The fourth-order valence-electron chi connectivity index (χ4n) is 5.97. The van der Waals surface area contributed by atoms with Gasteiger partial charge in [0.15, 0.2) is 23.0 Å². The van der Waals surface area contributed by atoms with Crippen LogP contribution in [0.2, 0.25) is 0 Å². The van der Waals surface area contributed by atoms with Crippen LogP contribution in [0.1, 0.15) is 47.6 Å². The molecule has 1 aliphatic carbocycles. The largest absolute Gasteiger partial charge is 0.450 e. The predicted molar refractivity (Wildman–Crippen MR) is 151 cm³/mol. The van der Waals surface area contributed by atoms with Gasteiger partial charge in [0.1, 0.15) is 0 Å². The van der Waals surface area contributed by atoms with Crippen LogP contribution in [0.5, 0.6) is 23.0 Å². The molecule has 5 aromatic rings. The van der Waals surface area contributed by atoms with E-state index >= 15 is 0 Å². The highest BCUT2D eigenvalue weighted by Gasteiger charge is 2.38. The van der Waals surface area contributed by atoms with E-state index in [0.29, 0.717) is 23.0 Å². The third-order valence-corrected chi connectivity index (χ3v) is 9.68. The summed E-state index contributed by atoms with van der Waals surface area (Å²) in [6, 6.07) is 36.5. The minimum absolute atomic E-state index is 0.0329. The van der Waals surface area contributed by atoms with Gasteiger partial charge in [0.2, 0.25) is 9.84 Å². The van der Waals surface area contributed by atoms with Crippen molar-refractivity contribution in [2.75, 3.05) is 0 Å². The van der Waals surface area contributed by atoms with E-state index in [4.69, 9.17) is 9.47 Å². The summed E-state index contributed by atoms with van der Waals surface area (Å²) in [4.78, 5) is 0.398. The van der Waals surface area contributed by atoms with E-state index in [1.54, 1.807) is 48.5 Å². The minimum Gasteiger partial charge on any atom is -0.450 e. The smallest absolute Gasteiger partial charge is 0.206 e. The summed E-state index contributed by atoms with van der Waals surface area (Å²) in [6.07, 6.45) is 0. The second kappa shape index (κ2) is 8.58. The van der Waals surface area contributed by atoms with Crippen molar-refractivity contribution in [2.24, 2.45) is 0 Å². The Morgan fingerprint density at radius 2 is 1.10 bits per heavy atom. The van der Waals surface area contributed by atoms with Crippen molar-refractivity contribution in [1.82, 2.24) is 0 Å². The van der Waals surface area contributed by atoms with E-state index in [-0.39, 0.29) is 21.1 Å². The molecule has 39 heavy (non-hydrogen) atoms. The molecule has 1 heterocycles. The van der Waals surface area contributed by atoms with Gasteiger partial charge in [-0.2, -0.15) is 0 Å². The maximum Gasteiger partial charge on any atom is 0.206 e. The number of benzene rings is 5. The fourth-order valence-corrected chi connectivity index (χ4v) is 7.27. The summed E-state index contributed by atoms with van der Waals surface area (Å²) in [6.45, 7) is 4.56. The van der Waals surface area contributed by atoms with E-state index in [0.717, 1.165) is 5.56 Å². The molecule has 4 nitrogen and oxygen atoms in total. The number of sulfone groups is 1. The molecule has 0 saturated carbocycles. The summed E-state index contributed by atoms with van der Waals surface area (Å²) >= 11 is 0. The van der Waals surface area contributed by atoms with E-state index in [9.17, 15) is 8.42 Å². The molecule has 0 unspecified atom stereocenters. The number of rotatable bonds is 3. The highest BCUT2D eigenvalue weighted by molar-refractivity contribution is 7.91. The monoisotopic (exact) mass is 530 g/mol. The highest BCUT2D eigenvalue weighted by atomic mass is 32.2. The molecule has 0 aromatic heterocycles. The van der Waals surface area contributed by atoms with Gasteiger partial charge in [0.05, 0.1) is 9.79 Å². The van der Waals surface area contributed by atoms with E-state index in [1.807, 2.05) is 12.1 Å². The van der Waals surface area contributed by atoms with Crippen LogP contribution in [0.25, 0.3) is 0 Å². The quantitative estimate of drug-likeness (QED) is 0.231. The molecule has 0 bridgehead atoms. The van der Waals surface area contributed by atoms with Crippen molar-refractivity contribution in [3.63, 3.8) is 0 Å². The van der Waals surface area contributed by atoms with Gasteiger partial charge in [-0.15, -0.1) is 0 Å². The molecule has 192 valence electrons. The molecule has 0 fully saturated rings. The van der Waals surface area contributed by atoms with E-state index in [1.165, 1.54) is 22.3 Å². The van der Waals surface area contributed by atoms with Crippen LogP contribution in [0.3, 0.4) is 0 Å². The molecule has 1 aliphatic heterocycles. The zero-order valence-electron chi connectivity index (χ0n) is 21.6. The van der Waals surface area contributed by atoms with Gasteiger partial charge in [-0.05, 0) is 64.2 Å². The summed E-state index contributed by atoms with van der Waals surface area (Å²) in [5.41, 5.74) is 6.14. The fraction of sp³-hybridized carbons (Fsp3) is 0.118. The lowest BCUT2D eigenvalue weighted by molar-refractivity contribution is 0.358. The summed E-state index contributed by atoms with van der Waals surface area (Å²) < 4.78 is 38.9. The van der Waals surface area contributed by atoms with Crippen molar-refractivity contribution in [3.8, 4) is 23.0 Å². The number of hydrogen-bond donors (Lipinski definition) is 0. The standard InChI is InChI=1S/C34H26O4S/c1-34(2)27-14-8-6-12-25(27)33(26-13-7-9-15-28(26)34)22-16-18-29-31(20-22)38-32-21-24(17-19-30(32)37-29)39(35,36)23-10-4-3-5-11-23/h3-21,33H,1-2H3. The third-order valence-electron chi connectivity index (χ3n) is 7.91. The topological polar surface area (TPSA) is 52.6 Å². The molecule has 0 amide bonds. The average molecular weight is 531 g/mol. The SMILES string of the molecule is CC1(C)c2ccccc2C(c2ccc3c(c2)Oc2cc(S(=O)(=O)c4ccccc4)ccc2O3)c2ccccc21. The molecule has 0 N–H and O–H groups in total. The third kappa shape index (κ3) is 3.68. The molecule has 0 saturated heterocycles. The van der Waals surface area contributed by atoms with Gasteiger partial charge < -0.3 is 9.47 Å². The first-order valence-corrected chi connectivity index (χ1v) is 14.4. The van der Waals surface area contributed by atoms with Crippen LogP contribution in [0.15, 0.2) is 125 Å². The normalized spacial score (nSPS) is 15.1. The molecule has 2 aliphatic rings. The van der Waals surface area contributed by atoms with E-state index < -0.39 is 9.84 Å². The Morgan fingerprint density at radius 3 is 1.77 bits per heavy atom. The van der Waals surface area contributed by atoms with Crippen molar-refractivity contribution in [1.29, 1.82) is 0 Å². The maximum absolute atomic E-state index is 13.2. The van der Waals surface area contributed by atoms with Gasteiger partial charge in [0, 0.05) is 17.4 Å². The van der Waals surface area contributed by atoms with Crippen LogP contribution in [0, 0.1) is 0 Å². The first-order valence-electron chi connectivity index (χ1n) is 13.0. The molecular formula is C34H26O4S. The zero-order valence-corrected chi connectivity index (χ0v) is 22.4. The summed E-state index contributed by atoms with van der Waals surface area (Å²) in [5.74, 6) is 2.06. The molecular weight excluding hydrogens is 504 g/mol. The second-order valence-electron chi connectivity index (χ2n) is 10.6. The predicted octanol–water partition coefficient (Wildman–Crippen LogP) is 8.24. The zero-order chi connectivity index (χ0) is 26.8. The Balaban J connectivity index is 1.30. The minimum atomic E-state index is -3.69. The highest BCUT2D eigenvalue weighted by Crippen LogP contribution is 2.52. The Labute approximate surface area is 228 Å². The Kier molecular flexibility index (Phi) is 5.23. The molecule has 0 radical (unpaired) electrons. The molecule has 0 atom stereocenters. The van der Waals surface area contributed by atoms with Gasteiger partial charge in [-0.25, -0.2) is 8.42 Å². The van der Waals surface area contributed by atoms with Gasteiger partial charge in [-0.3, -0.25) is 0 Å². The van der Waals surface area contributed by atoms with Crippen molar-refractivity contribution < 1.29 is 17.9 Å². The lowest BCUT2D eigenvalue weighted by Gasteiger charge is -2.39. The van der Waals surface area contributed by atoms with Crippen LogP contribution in [0.4, 0.5) is 0 Å². The first kappa shape index (κ1) is 23.7. The second-order valence-corrected chi connectivity index (χ2v) is 12.5. The average Bonchev–Trinajstić information content (AvgIpc) is 2.96. The molecule has 7 rings (SSSR count). The Bertz CT molecular complexity index is 1810. The Hall–Kier alpha value is -4.35. The van der Waals surface area contributed by atoms with Crippen molar-refractivity contribution in [3.05, 3.63) is 143 Å². The van der Waals surface area contributed by atoms with Gasteiger partial charge in [-0.1, -0.05) is 86.6 Å². The number of fused-ring (bicyclic) bond motifs is 4. The number of hydrogen-bond acceptors (Lipinski definition) is 4. The Morgan fingerprint density at radius 1 is 0.564 bits per heavy atom. The molecule has 5 heteroatoms. The van der Waals surface area contributed by atoms with Gasteiger partial charge >= 0.3 is 0 Å².